The average Bonchev–Trinajstić information content (AvgIpc) is 0.983. The molecule has 102 heavy (non-hydrogen) atoms. The van der Waals surface area contributed by atoms with Gasteiger partial charge in [-0.15, -0.1) is 0 Å². The van der Waals surface area contributed by atoms with Crippen molar-refractivity contribution in [2.75, 3.05) is 158 Å². The standard InChI is InChI=1S/C70H103N13O19/c1-50(2)41-52-16-14-51(15-17-52)9-7-13-60(84)73-22-6-4-12-58(70(97)98)78-69(96)57(11-3-5-23-74-62(86)45-79-27-29-80(46-65(89)90)31-33-82(48-67(93)94)34-32-81(30-28-79)47-66(91)92)77-61(85)21-35-99-37-39-101-40-38-100-36-25-75-63(87)49-102-54-18-19-55-56(20-24-72-59(55)42-54)68(95)76-44-64(88)83-26-8-10-53(83)43-71/h14-20,24,42,50,53,57-58H,3-13,21-23,25-41,44-49H2,1-2H3,(H,73,84)(H,74,86)(H,75,87)(H,76,95)(H,77,85)(H,78,96)(H,89,90)(H,91,92)(H,93,94)(H,97,98)/t53-,57?,58-/m0/s1. The summed E-state index contributed by atoms with van der Waals surface area (Å²) in [6.45, 7) is 6.46. The molecule has 3 aromatic rings. The van der Waals surface area contributed by atoms with Crippen molar-refractivity contribution in [1.29, 1.82) is 5.26 Å². The predicted molar refractivity (Wildman–Crippen MR) is 372 cm³/mol. The molecule has 5 rings (SSSR count). The van der Waals surface area contributed by atoms with Crippen molar-refractivity contribution in [3.63, 3.8) is 0 Å². The minimum Gasteiger partial charge on any atom is -0.484 e. The number of nitrogens with one attached hydrogen (secondary N) is 6. The van der Waals surface area contributed by atoms with Crippen LogP contribution in [0.1, 0.15) is 106 Å². The molecule has 7 amide bonds. The Hall–Kier alpha value is -8.97. The van der Waals surface area contributed by atoms with E-state index < -0.39 is 65.6 Å². The smallest absolute Gasteiger partial charge is 0.326 e. The maximum absolute atomic E-state index is 13.8. The summed E-state index contributed by atoms with van der Waals surface area (Å²) in [5, 5.41) is 65.0. The number of benzene rings is 2. The summed E-state index contributed by atoms with van der Waals surface area (Å²) in [5.74, 6) is -6.60. The molecule has 32 nitrogen and oxygen atoms in total. The minimum atomic E-state index is -1.31. The van der Waals surface area contributed by atoms with Gasteiger partial charge in [-0.2, -0.15) is 5.26 Å². The predicted octanol–water partition coefficient (Wildman–Crippen LogP) is 0.738. The summed E-state index contributed by atoms with van der Waals surface area (Å²) >= 11 is 0. The molecule has 1 unspecified atom stereocenters. The largest absolute Gasteiger partial charge is 0.484 e. The monoisotopic (exact) mass is 1430 g/mol. The van der Waals surface area contributed by atoms with Gasteiger partial charge in [0.1, 0.15) is 23.9 Å². The van der Waals surface area contributed by atoms with Crippen LogP contribution in [-0.2, 0) is 75.0 Å². The average molecular weight is 1430 g/mol. The number of nitriles is 1. The number of likely N-dealkylation sites (tertiary alicyclic amines) is 1. The number of pyridine rings is 1. The third-order valence-electron chi connectivity index (χ3n) is 16.9. The number of aryl methyl sites for hydroxylation is 1. The third kappa shape index (κ3) is 34.1. The van der Waals surface area contributed by atoms with E-state index in [1.54, 1.807) is 37.8 Å². The summed E-state index contributed by atoms with van der Waals surface area (Å²) in [4.78, 5) is 151. The van der Waals surface area contributed by atoms with Gasteiger partial charge in [-0.05, 0) is 106 Å². The minimum absolute atomic E-state index is 0.0408. The molecule has 32 heteroatoms. The Morgan fingerprint density at radius 1 is 0.569 bits per heavy atom. The first-order chi connectivity index (χ1) is 49.0. The zero-order chi connectivity index (χ0) is 74.0. The number of ether oxygens (including phenoxy) is 4. The topological polar surface area (TPSA) is 431 Å². The van der Waals surface area contributed by atoms with E-state index in [4.69, 9.17) is 18.9 Å². The number of carboxylic acid groups (broad SMARTS) is 4. The second-order valence-electron chi connectivity index (χ2n) is 25.6. The molecule has 0 radical (unpaired) electrons. The van der Waals surface area contributed by atoms with Crippen molar-refractivity contribution in [3.05, 3.63) is 71.4 Å². The van der Waals surface area contributed by atoms with E-state index in [9.17, 15) is 78.4 Å². The van der Waals surface area contributed by atoms with Crippen molar-refractivity contribution < 1.29 is 92.1 Å². The van der Waals surface area contributed by atoms with Crippen LogP contribution in [0.4, 0.5) is 0 Å². The van der Waals surface area contributed by atoms with Gasteiger partial charge in [-0.3, -0.25) is 72.5 Å². The van der Waals surface area contributed by atoms with E-state index in [1.165, 1.54) is 22.7 Å². The van der Waals surface area contributed by atoms with Gasteiger partial charge < -0.3 is 76.2 Å². The van der Waals surface area contributed by atoms with Crippen LogP contribution in [-0.4, -0.2) is 291 Å². The van der Waals surface area contributed by atoms with Crippen LogP contribution in [0.25, 0.3) is 10.9 Å². The van der Waals surface area contributed by atoms with Crippen LogP contribution in [0, 0.1) is 17.2 Å². The molecule has 0 spiro atoms. The highest BCUT2D eigenvalue weighted by molar-refractivity contribution is 6.07. The zero-order valence-electron chi connectivity index (χ0n) is 58.7. The molecule has 2 aromatic carbocycles. The van der Waals surface area contributed by atoms with Gasteiger partial charge >= 0.3 is 23.9 Å². The van der Waals surface area contributed by atoms with E-state index in [1.807, 2.05) is 0 Å². The number of hydrogen-bond acceptors (Lipinski definition) is 21. The highest BCUT2D eigenvalue weighted by Crippen LogP contribution is 2.23. The van der Waals surface area contributed by atoms with Crippen LogP contribution >= 0.6 is 0 Å². The molecule has 3 atom stereocenters. The normalized spacial score (nSPS) is 15.6. The van der Waals surface area contributed by atoms with Crippen molar-refractivity contribution >= 4 is 76.1 Å². The number of carbonyl (C=O) groups excluding carboxylic acids is 7. The quantitative estimate of drug-likeness (QED) is 0.0349. The number of hydrogen-bond donors (Lipinski definition) is 10. The van der Waals surface area contributed by atoms with E-state index >= 15 is 0 Å². The number of carbonyl (C=O) groups is 11. The molecule has 2 aliphatic heterocycles. The molecule has 2 saturated heterocycles. The molecule has 10 N–H and O–H groups in total. The number of amides is 7. The number of unbranched alkanes of at least 4 members (excludes halogenated alkanes) is 2. The lowest BCUT2D eigenvalue weighted by Gasteiger charge is -2.32. The Morgan fingerprint density at radius 3 is 1.70 bits per heavy atom. The lowest BCUT2D eigenvalue weighted by atomic mass is 10.00. The SMILES string of the molecule is CC(C)Cc1ccc(CCCC(=O)NCCCC[C@H](NC(=O)C(CCCCNC(=O)CN2CCN(CC(=O)O)CCN(CC(=O)O)CCN(CC(=O)O)CC2)NC(=O)CCOCCOCCOCCNC(=O)COc2ccc3c(C(=O)NCC(=O)N4CCC[C@H]4C#N)ccnc3c2)C(=O)O)cc1. The Labute approximate surface area is 594 Å². The van der Waals surface area contributed by atoms with E-state index in [0.29, 0.717) is 86.2 Å². The number of aliphatic carboxylic acids is 4. The molecular formula is C70H103N13O19. The third-order valence-corrected chi connectivity index (χ3v) is 16.9. The zero-order valence-corrected chi connectivity index (χ0v) is 58.7. The fourth-order valence-corrected chi connectivity index (χ4v) is 11.5. The Balaban J connectivity index is 1.02. The first-order valence-corrected chi connectivity index (χ1v) is 35.0. The first-order valence-electron chi connectivity index (χ1n) is 35.0. The lowest BCUT2D eigenvalue weighted by molar-refractivity contribution is -0.142. The van der Waals surface area contributed by atoms with Gasteiger partial charge in [0, 0.05) is 109 Å². The second kappa shape index (κ2) is 47.3. The summed E-state index contributed by atoms with van der Waals surface area (Å²) in [6.07, 6.45) is 6.96. The number of rotatable bonds is 46. The Kier molecular flexibility index (Phi) is 38.8. The molecule has 0 saturated carbocycles. The van der Waals surface area contributed by atoms with Crippen molar-refractivity contribution in [2.45, 2.75) is 115 Å². The van der Waals surface area contributed by atoms with Crippen LogP contribution in [0.3, 0.4) is 0 Å². The van der Waals surface area contributed by atoms with Crippen molar-refractivity contribution in [3.8, 4) is 11.8 Å². The van der Waals surface area contributed by atoms with Crippen LogP contribution in [0.2, 0.25) is 0 Å². The number of fused-ring (bicyclic) bond motifs is 1. The van der Waals surface area contributed by atoms with Crippen LogP contribution in [0.15, 0.2) is 54.7 Å². The number of nitrogens with zero attached hydrogens (tertiary/aromatic N) is 7. The van der Waals surface area contributed by atoms with Crippen LogP contribution in [0.5, 0.6) is 5.75 Å². The lowest BCUT2D eigenvalue weighted by Crippen LogP contribution is -2.51. The summed E-state index contributed by atoms with van der Waals surface area (Å²) in [5.41, 5.74) is 3.15. The molecular weight excluding hydrogens is 1330 g/mol. The first kappa shape index (κ1) is 83.7. The molecule has 1 aromatic heterocycles. The van der Waals surface area contributed by atoms with E-state index in [-0.39, 0.29) is 181 Å². The molecule has 3 heterocycles. The summed E-state index contributed by atoms with van der Waals surface area (Å²) < 4.78 is 22.4. The maximum atomic E-state index is 13.8. The molecule has 2 aliphatic rings. The van der Waals surface area contributed by atoms with Crippen molar-refractivity contribution in [2.24, 2.45) is 5.92 Å². The Bertz CT molecular complexity index is 3200. The van der Waals surface area contributed by atoms with Gasteiger partial charge in [0.05, 0.1) is 89.5 Å². The molecule has 562 valence electrons. The molecule has 0 aliphatic carbocycles. The summed E-state index contributed by atoms with van der Waals surface area (Å²) in [6, 6.07) is 13.9. The van der Waals surface area contributed by atoms with Crippen LogP contribution < -0.4 is 36.6 Å². The van der Waals surface area contributed by atoms with Crippen molar-refractivity contribution in [1.82, 2.24) is 61.4 Å². The van der Waals surface area contributed by atoms with E-state index in [2.05, 4.69) is 81.1 Å². The number of aromatic nitrogens is 1. The fraction of sp³-hybridized carbons (Fsp3) is 0.614. The highest BCUT2D eigenvalue weighted by Gasteiger charge is 2.30. The van der Waals surface area contributed by atoms with Gasteiger partial charge in [0.2, 0.25) is 29.5 Å². The Morgan fingerprint density at radius 2 is 1.12 bits per heavy atom. The maximum Gasteiger partial charge on any atom is 0.326 e. The number of carboxylic acids is 4. The highest BCUT2D eigenvalue weighted by atomic mass is 16.5. The van der Waals surface area contributed by atoms with E-state index in [0.717, 1.165) is 24.8 Å². The summed E-state index contributed by atoms with van der Waals surface area (Å²) in [7, 11) is 0. The van der Waals surface area contributed by atoms with Gasteiger partial charge in [0.15, 0.2) is 6.61 Å². The fourth-order valence-electron chi connectivity index (χ4n) is 11.5. The molecule has 2 fully saturated rings. The van der Waals surface area contributed by atoms with Gasteiger partial charge in [0.25, 0.3) is 11.8 Å². The molecule has 0 bridgehead atoms. The second-order valence-corrected chi connectivity index (χ2v) is 25.6. The van der Waals surface area contributed by atoms with Gasteiger partial charge in [-0.25, -0.2) is 4.79 Å². The van der Waals surface area contributed by atoms with Gasteiger partial charge in [-0.1, -0.05) is 38.1 Å².